The van der Waals surface area contributed by atoms with Gasteiger partial charge in [0.2, 0.25) is 5.91 Å². The standard InChI is InChI=1S/C25H21FN4O3S/c1-14-12-17(15(2)29(14)20-10-6-19(7-11-20)27-16(3)31)13-22-23(32)28-25(34)30(24(22)33)21-8-4-18(26)5-9-21/h4-13H,1-3H3,(H,27,31)(H,28,32,34)/b22-13+. The number of benzene rings is 2. The fraction of sp³-hybridized carbons (Fsp3) is 0.120. The quantitative estimate of drug-likeness (QED) is 0.339. The van der Waals surface area contributed by atoms with Crippen LogP contribution in [-0.2, 0) is 14.4 Å². The van der Waals surface area contributed by atoms with Crippen LogP contribution in [0.4, 0.5) is 15.8 Å². The Hall–Kier alpha value is -4.11. The van der Waals surface area contributed by atoms with E-state index in [0.717, 1.165) is 17.1 Å². The van der Waals surface area contributed by atoms with Crippen molar-refractivity contribution >= 4 is 52.5 Å². The van der Waals surface area contributed by atoms with E-state index >= 15 is 0 Å². The van der Waals surface area contributed by atoms with Crippen molar-refractivity contribution in [1.82, 2.24) is 9.88 Å². The average Bonchev–Trinajstić information content (AvgIpc) is 3.05. The number of halogens is 1. The number of hydrogen-bond donors (Lipinski definition) is 2. The monoisotopic (exact) mass is 476 g/mol. The van der Waals surface area contributed by atoms with Crippen LogP contribution < -0.4 is 15.5 Å². The van der Waals surface area contributed by atoms with Gasteiger partial charge in [-0.25, -0.2) is 4.39 Å². The maximum absolute atomic E-state index is 13.3. The summed E-state index contributed by atoms with van der Waals surface area (Å²) in [4.78, 5) is 38.3. The molecule has 1 fully saturated rings. The normalized spacial score (nSPS) is 15.0. The molecule has 1 saturated heterocycles. The van der Waals surface area contributed by atoms with Crippen molar-refractivity contribution < 1.29 is 18.8 Å². The predicted octanol–water partition coefficient (Wildman–Crippen LogP) is 4.02. The van der Waals surface area contributed by atoms with Crippen molar-refractivity contribution in [2.45, 2.75) is 20.8 Å². The van der Waals surface area contributed by atoms with Gasteiger partial charge in [-0.15, -0.1) is 0 Å². The lowest BCUT2D eigenvalue weighted by Gasteiger charge is -2.28. The summed E-state index contributed by atoms with van der Waals surface area (Å²) in [6.07, 6.45) is 1.53. The van der Waals surface area contributed by atoms with Crippen molar-refractivity contribution in [3.63, 3.8) is 0 Å². The molecular formula is C25H21FN4O3S. The zero-order chi connectivity index (χ0) is 24.6. The third-order valence-corrected chi connectivity index (χ3v) is 5.69. The molecule has 0 saturated carbocycles. The van der Waals surface area contributed by atoms with E-state index in [1.165, 1.54) is 42.2 Å². The summed E-state index contributed by atoms with van der Waals surface area (Å²) in [6.45, 7) is 5.24. The molecule has 0 radical (unpaired) electrons. The Morgan fingerprint density at radius 3 is 2.26 bits per heavy atom. The maximum atomic E-state index is 13.3. The maximum Gasteiger partial charge on any atom is 0.270 e. The minimum atomic E-state index is -0.599. The largest absolute Gasteiger partial charge is 0.326 e. The van der Waals surface area contributed by atoms with Crippen molar-refractivity contribution in [3.05, 3.63) is 82.9 Å². The summed E-state index contributed by atoms with van der Waals surface area (Å²) in [5.74, 6) is -1.79. The van der Waals surface area contributed by atoms with Crippen molar-refractivity contribution in [1.29, 1.82) is 0 Å². The minimum Gasteiger partial charge on any atom is -0.326 e. The lowest BCUT2D eigenvalue weighted by molar-refractivity contribution is -0.122. The molecular weight excluding hydrogens is 455 g/mol. The average molecular weight is 477 g/mol. The number of nitrogens with zero attached hydrogens (tertiary/aromatic N) is 2. The fourth-order valence-electron chi connectivity index (χ4n) is 3.87. The third kappa shape index (κ3) is 4.38. The molecule has 1 aliphatic rings. The molecule has 9 heteroatoms. The number of carbonyl (C=O) groups is 3. The van der Waals surface area contributed by atoms with Gasteiger partial charge >= 0.3 is 0 Å². The van der Waals surface area contributed by atoms with Crippen LogP contribution in [-0.4, -0.2) is 27.4 Å². The zero-order valence-electron chi connectivity index (χ0n) is 18.7. The highest BCUT2D eigenvalue weighted by Gasteiger charge is 2.34. The first-order valence-electron chi connectivity index (χ1n) is 10.4. The second-order valence-electron chi connectivity index (χ2n) is 7.82. The van der Waals surface area contributed by atoms with Crippen LogP contribution in [0.25, 0.3) is 11.8 Å². The predicted molar refractivity (Wildman–Crippen MR) is 132 cm³/mol. The molecule has 4 rings (SSSR count). The van der Waals surface area contributed by atoms with E-state index in [2.05, 4.69) is 10.6 Å². The Balaban J connectivity index is 1.70. The smallest absolute Gasteiger partial charge is 0.270 e. The van der Waals surface area contributed by atoms with Gasteiger partial charge in [0.15, 0.2) is 5.11 Å². The molecule has 1 aromatic heterocycles. The van der Waals surface area contributed by atoms with Gasteiger partial charge < -0.3 is 9.88 Å². The molecule has 172 valence electrons. The summed E-state index contributed by atoms with van der Waals surface area (Å²) in [6, 6.07) is 14.5. The van der Waals surface area contributed by atoms with Crippen LogP contribution in [0.2, 0.25) is 0 Å². The Labute approximate surface area is 200 Å². The first-order chi connectivity index (χ1) is 16.2. The highest BCUT2D eigenvalue weighted by atomic mass is 32.1. The van der Waals surface area contributed by atoms with Gasteiger partial charge in [-0.05, 0) is 92.3 Å². The van der Waals surface area contributed by atoms with Gasteiger partial charge in [-0.3, -0.25) is 24.6 Å². The van der Waals surface area contributed by atoms with Gasteiger partial charge in [-0.1, -0.05) is 0 Å². The van der Waals surface area contributed by atoms with Gasteiger partial charge in [0, 0.05) is 29.7 Å². The van der Waals surface area contributed by atoms with Gasteiger partial charge in [0.1, 0.15) is 11.4 Å². The Bertz CT molecular complexity index is 1360. The molecule has 0 bridgehead atoms. The molecule has 7 nitrogen and oxygen atoms in total. The summed E-state index contributed by atoms with van der Waals surface area (Å²) in [5, 5.41) is 5.20. The first kappa shape index (κ1) is 23.1. The highest BCUT2D eigenvalue weighted by Crippen LogP contribution is 2.26. The number of nitrogens with one attached hydrogen (secondary N) is 2. The molecule has 2 heterocycles. The number of carbonyl (C=O) groups excluding carboxylic acids is 3. The number of thiocarbonyl (C=S) groups is 1. The van der Waals surface area contributed by atoms with Crippen molar-refractivity contribution in [2.24, 2.45) is 0 Å². The SMILES string of the molecule is CC(=O)Nc1ccc(-n2c(C)cc(/C=C3\C(=O)NC(=S)N(c4ccc(F)cc4)C3=O)c2C)cc1. The second-order valence-corrected chi connectivity index (χ2v) is 8.21. The molecule has 0 aliphatic carbocycles. The molecule has 0 unspecified atom stereocenters. The van der Waals surface area contributed by atoms with Crippen LogP contribution >= 0.6 is 12.2 Å². The second kappa shape index (κ2) is 9.03. The Morgan fingerprint density at radius 1 is 1.03 bits per heavy atom. The first-order valence-corrected chi connectivity index (χ1v) is 10.8. The molecule has 3 aromatic rings. The lowest BCUT2D eigenvalue weighted by atomic mass is 10.1. The zero-order valence-corrected chi connectivity index (χ0v) is 19.5. The fourth-order valence-corrected chi connectivity index (χ4v) is 4.15. The Kier molecular flexibility index (Phi) is 6.12. The molecule has 3 amide bonds. The molecule has 34 heavy (non-hydrogen) atoms. The van der Waals surface area contributed by atoms with E-state index in [1.807, 2.05) is 36.6 Å². The number of anilines is 2. The van der Waals surface area contributed by atoms with Crippen LogP contribution in [0.3, 0.4) is 0 Å². The molecule has 1 aliphatic heterocycles. The van der Waals surface area contributed by atoms with E-state index < -0.39 is 17.6 Å². The van der Waals surface area contributed by atoms with E-state index in [0.29, 0.717) is 16.9 Å². The van der Waals surface area contributed by atoms with Gasteiger partial charge in [0.05, 0.1) is 5.69 Å². The van der Waals surface area contributed by atoms with Crippen LogP contribution in [0.5, 0.6) is 0 Å². The van der Waals surface area contributed by atoms with Gasteiger partial charge in [-0.2, -0.15) is 0 Å². The number of aromatic nitrogens is 1. The molecule has 2 aromatic carbocycles. The van der Waals surface area contributed by atoms with E-state index in [4.69, 9.17) is 12.2 Å². The summed E-state index contributed by atoms with van der Waals surface area (Å²) in [5.41, 5.74) is 4.22. The number of aryl methyl sites for hydroxylation is 1. The Morgan fingerprint density at radius 2 is 1.65 bits per heavy atom. The minimum absolute atomic E-state index is 0.0662. The lowest BCUT2D eigenvalue weighted by Crippen LogP contribution is -2.54. The van der Waals surface area contributed by atoms with Crippen LogP contribution in [0, 0.1) is 19.7 Å². The van der Waals surface area contributed by atoms with Crippen molar-refractivity contribution in [3.8, 4) is 5.69 Å². The van der Waals surface area contributed by atoms with Crippen LogP contribution in [0.1, 0.15) is 23.9 Å². The number of amides is 3. The number of hydrogen-bond acceptors (Lipinski definition) is 4. The molecule has 0 spiro atoms. The van der Waals surface area contributed by atoms with E-state index in [9.17, 15) is 18.8 Å². The molecule has 2 N–H and O–H groups in total. The number of rotatable bonds is 4. The molecule has 0 atom stereocenters. The van der Waals surface area contributed by atoms with E-state index in [1.54, 1.807) is 12.1 Å². The topological polar surface area (TPSA) is 83.4 Å². The van der Waals surface area contributed by atoms with Crippen molar-refractivity contribution in [2.75, 3.05) is 10.2 Å². The third-order valence-electron chi connectivity index (χ3n) is 5.40. The summed E-state index contributed by atoms with van der Waals surface area (Å²) >= 11 is 5.19. The van der Waals surface area contributed by atoms with Gasteiger partial charge in [0.25, 0.3) is 11.8 Å². The summed E-state index contributed by atoms with van der Waals surface area (Å²) in [7, 11) is 0. The van der Waals surface area contributed by atoms with Crippen LogP contribution in [0.15, 0.2) is 60.2 Å². The van der Waals surface area contributed by atoms with E-state index in [-0.39, 0.29) is 16.6 Å². The summed E-state index contributed by atoms with van der Waals surface area (Å²) < 4.78 is 15.3. The highest BCUT2D eigenvalue weighted by molar-refractivity contribution is 7.80.